The highest BCUT2D eigenvalue weighted by Crippen LogP contribution is 2.33. The van der Waals surface area contributed by atoms with Gasteiger partial charge in [-0.15, -0.1) is 0 Å². The van der Waals surface area contributed by atoms with Crippen LogP contribution in [0, 0.1) is 0 Å². The van der Waals surface area contributed by atoms with Gasteiger partial charge in [0.1, 0.15) is 0 Å². The minimum atomic E-state index is -0.548. The Kier molecular flexibility index (Phi) is 4.27. The molecule has 0 radical (unpaired) electrons. The van der Waals surface area contributed by atoms with Gasteiger partial charge in [-0.2, -0.15) is 0 Å². The quantitative estimate of drug-likeness (QED) is 0.390. The van der Waals surface area contributed by atoms with Crippen LogP contribution in [-0.2, 0) is 4.79 Å². The molecule has 22 heavy (non-hydrogen) atoms. The zero-order valence-corrected chi connectivity index (χ0v) is 12.4. The van der Waals surface area contributed by atoms with Gasteiger partial charge in [0.15, 0.2) is 0 Å². The second kappa shape index (κ2) is 6.51. The van der Waals surface area contributed by atoms with Crippen molar-refractivity contribution < 1.29 is 10.0 Å². The molecule has 0 aliphatic heterocycles. The minimum absolute atomic E-state index is 0.548. The van der Waals surface area contributed by atoms with Gasteiger partial charge in [-0.1, -0.05) is 36.0 Å². The molecule has 1 amide bonds. The van der Waals surface area contributed by atoms with Gasteiger partial charge in [-0.25, -0.2) is 5.48 Å². The van der Waals surface area contributed by atoms with Gasteiger partial charge >= 0.3 is 0 Å². The van der Waals surface area contributed by atoms with Crippen LogP contribution in [0.5, 0.6) is 0 Å². The average Bonchev–Trinajstić information content (AvgIpc) is 2.96. The zero-order valence-electron chi connectivity index (χ0n) is 11.6. The van der Waals surface area contributed by atoms with Crippen molar-refractivity contribution in [2.75, 3.05) is 0 Å². The lowest BCUT2D eigenvalue weighted by molar-refractivity contribution is -0.124. The number of benzene rings is 2. The van der Waals surface area contributed by atoms with Gasteiger partial charge in [0.05, 0.1) is 0 Å². The van der Waals surface area contributed by atoms with E-state index in [-0.39, 0.29) is 0 Å². The number of H-pyrrole nitrogens is 1. The summed E-state index contributed by atoms with van der Waals surface area (Å²) in [5.74, 6) is -0.548. The Morgan fingerprint density at radius 3 is 2.77 bits per heavy atom. The molecule has 0 bridgehead atoms. The Labute approximate surface area is 131 Å². The molecule has 1 heterocycles. The van der Waals surface area contributed by atoms with Crippen LogP contribution in [0.25, 0.3) is 17.0 Å². The first-order chi connectivity index (χ1) is 10.8. The molecule has 5 heteroatoms. The predicted molar refractivity (Wildman–Crippen MR) is 87.8 cm³/mol. The number of aromatic nitrogens is 1. The molecule has 3 N–H and O–H groups in total. The molecule has 0 atom stereocenters. The summed E-state index contributed by atoms with van der Waals surface area (Å²) in [6.45, 7) is 0. The minimum Gasteiger partial charge on any atom is -0.360 e. The topological polar surface area (TPSA) is 65.1 Å². The summed E-state index contributed by atoms with van der Waals surface area (Å²) >= 11 is 1.69. The molecule has 0 unspecified atom stereocenters. The Hall–Kier alpha value is -2.50. The molecule has 0 aliphatic rings. The molecular weight excluding hydrogens is 296 g/mol. The van der Waals surface area contributed by atoms with E-state index in [2.05, 4.69) is 17.1 Å². The summed E-state index contributed by atoms with van der Waals surface area (Å²) < 4.78 is 0. The molecule has 0 aliphatic carbocycles. The largest absolute Gasteiger partial charge is 0.360 e. The van der Waals surface area contributed by atoms with Crippen LogP contribution in [0.4, 0.5) is 0 Å². The maximum Gasteiger partial charge on any atom is 0.267 e. The van der Waals surface area contributed by atoms with Crippen LogP contribution in [0.1, 0.15) is 5.56 Å². The number of aromatic amines is 1. The van der Waals surface area contributed by atoms with Crippen LogP contribution in [0.3, 0.4) is 0 Å². The van der Waals surface area contributed by atoms with Gasteiger partial charge in [0, 0.05) is 33.0 Å². The van der Waals surface area contributed by atoms with Crippen LogP contribution in [0.15, 0.2) is 70.6 Å². The van der Waals surface area contributed by atoms with Crippen molar-refractivity contribution in [3.05, 3.63) is 66.4 Å². The van der Waals surface area contributed by atoms with Gasteiger partial charge in [0.2, 0.25) is 0 Å². The van der Waals surface area contributed by atoms with E-state index < -0.39 is 5.91 Å². The van der Waals surface area contributed by atoms with Crippen LogP contribution in [0.2, 0.25) is 0 Å². The second-order valence-corrected chi connectivity index (χ2v) is 5.80. The third kappa shape index (κ3) is 3.21. The molecule has 110 valence electrons. The molecule has 1 aromatic heterocycles. The summed E-state index contributed by atoms with van der Waals surface area (Å²) in [6.07, 6.45) is 4.93. The second-order valence-electron chi connectivity index (χ2n) is 4.68. The fourth-order valence-electron chi connectivity index (χ4n) is 2.13. The first-order valence-corrected chi connectivity index (χ1v) is 7.54. The van der Waals surface area contributed by atoms with Crippen molar-refractivity contribution in [1.82, 2.24) is 10.5 Å². The Morgan fingerprint density at radius 1 is 1.18 bits per heavy atom. The van der Waals surface area contributed by atoms with E-state index in [0.717, 1.165) is 21.4 Å². The van der Waals surface area contributed by atoms with Crippen molar-refractivity contribution in [2.24, 2.45) is 0 Å². The summed E-state index contributed by atoms with van der Waals surface area (Å²) in [4.78, 5) is 16.6. The smallest absolute Gasteiger partial charge is 0.267 e. The molecule has 3 rings (SSSR count). The fourth-order valence-corrected chi connectivity index (χ4v) is 3.07. The van der Waals surface area contributed by atoms with Crippen molar-refractivity contribution in [2.45, 2.75) is 9.79 Å². The number of carbonyl (C=O) groups excluding carboxylic acids is 1. The number of rotatable bonds is 4. The molecule has 0 fully saturated rings. The normalized spacial score (nSPS) is 11.1. The van der Waals surface area contributed by atoms with Crippen LogP contribution in [-0.4, -0.2) is 16.1 Å². The van der Waals surface area contributed by atoms with E-state index in [1.54, 1.807) is 23.3 Å². The van der Waals surface area contributed by atoms with Crippen molar-refractivity contribution in [1.29, 1.82) is 0 Å². The van der Waals surface area contributed by atoms with E-state index in [1.165, 1.54) is 11.0 Å². The lowest BCUT2D eigenvalue weighted by atomic mass is 10.1. The van der Waals surface area contributed by atoms with Gasteiger partial charge < -0.3 is 4.98 Å². The lowest BCUT2D eigenvalue weighted by Crippen LogP contribution is -2.14. The molecular formula is C17H14N2O2S. The van der Waals surface area contributed by atoms with Crippen molar-refractivity contribution in [3.63, 3.8) is 0 Å². The van der Waals surface area contributed by atoms with Gasteiger partial charge in [0.25, 0.3) is 5.91 Å². The number of amides is 1. The molecule has 3 aromatic rings. The number of hydroxylamine groups is 1. The Bertz CT molecular complexity index is 825. The number of hydrogen-bond donors (Lipinski definition) is 3. The average molecular weight is 310 g/mol. The summed E-state index contributed by atoms with van der Waals surface area (Å²) in [5.41, 5.74) is 3.51. The Morgan fingerprint density at radius 2 is 2.00 bits per heavy atom. The van der Waals surface area contributed by atoms with Gasteiger partial charge in [-0.05, 0) is 35.9 Å². The molecule has 0 saturated heterocycles. The molecule has 0 spiro atoms. The summed E-state index contributed by atoms with van der Waals surface area (Å²) in [6, 6.07) is 16.1. The number of hydrogen-bond acceptors (Lipinski definition) is 3. The highest BCUT2D eigenvalue weighted by molar-refractivity contribution is 7.99. The highest BCUT2D eigenvalue weighted by atomic mass is 32.2. The first-order valence-electron chi connectivity index (χ1n) is 6.72. The molecule has 4 nitrogen and oxygen atoms in total. The maximum absolute atomic E-state index is 11.0. The van der Waals surface area contributed by atoms with E-state index >= 15 is 0 Å². The predicted octanol–water partition coefficient (Wildman–Crippen LogP) is 3.84. The van der Waals surface area contributed by atoms with Crippen molar-refractivity contribution >= 4 is 34.6 Å². The van der Waals surface area contributed by atoms with Crippen molar-refractivity contribution in [3.8, 4) is 0 Å². The SMILES string of the molecule is O=C(C=Cc1ccc2[nH]cc(Sc3ccccc3)c2c1)NO. The lowest BCUT2D eigenvalue weighted by Gasteiger charge is -2.01. The third-order valence-corrected chi connectivity index (χ3v) is 4.24. The van der Waals surface area contributed by atoms with Gasteiger partial charge in [-0.3, -0.25) is 10.0 Å². The van der Waals surface area contributed by atoms with E-state index in [9.17, 15) is 4.79 Å². The number of fused-ring (bicyclic) bond motifs is 1. The van der Waals surface area contributed by atoms with E-state index in [1.807, 2.05) is 42.6 Å². The van der Waals surface area contributed by atoms with E-state index in [4.69, 9.17) is 5.21 Å². The fraction of sp³-hybridized carbons (Fsp3) is 0. The summed E-state index contributed by atoms with van der Waals surface area (Å²) in [5, 5.41) is 9.60. The van der Waals surface area contributed by atoms with E-state index in [0.29, 0.717) is 0 Å². The maximum atomic E-state index is 11.0. The Balaban J connectivity index is 1.92. The van der Waals surface area contributed by atoms with Crippen LogP contribution < -0.4 is 5.48 Å². The molecule has 2 aromatic carbocycles. The third-order valence-electron chi connectivity index (χ3n) is 3.18. The zero-order chi connectivity index (χ0) is 15.4. The highest BCUT2D eigenvalue weighted by Gasteiger charge is 2.06. The number of carbonyl (C=O) groups is 1. The standard InChI is InChI=1S/C17H14N2O2S/c20-17(19-21)9-7-12-6-8-15-14(10-12)16(11-18-15)22-13-4-2-1-3-5-13/h1-11,18,21H,(H,19,20). The summed E-state index contributed by atoms with van der Waals surface area (Å²) in [7, 11) is 0. The number of nitrogens with one attached hydrogen (secondary N) is 2. The monoisotopic (exact) mass is 310 g/mol. The molecule has 0 saturated carbocycles. The van der Waals surface area contributed by atoms with Crippen LogP contribution >= 0.6 is 11.8 Å². The first kappa shape index (κ1) is 14.4.